The standard InChI is InChI=1S/C13H26N2OS/c1-3-15-6-7-16-12(10-15)9-14-13-5-4-8-17-11(13)2/h11-14H,3-10H2,1-2H3. The Morgan fingerprint density at radius 1 is 1.47 bits per heavy atom. The van der Waals surface area contributed by atoms with Crippen molar-refractivity contribution >= 4 is 11.8 Å². The van der Waals surface area contributed by atoms with Crippen LogP contribution in [0.1, 0.15) is 26.7 Å². The van der Waals surface area contributed by atoms with Crippen LogP contribution >= 0.6 is 11.8 Å². The fraction of sp³-hybridized carbons (Fsp3) is 1.00. The average molecular weight is 258 g/mol. The second-order valence-corrected chi connectivity index (χ2v) is 6.60. The summed E-state index contributed by atoms with van der Waals surface area (Å²) in [5.74, 6) is 1.34. The van der Waals surface area contributed by atoms with Gasteiger partial charge in [0.25, 0.3) is 0 Å². The van der Waals surface area contributed by atoms with Gasteiger partial charge in [0.1, 0.15) is 0 Å². The van der Waals surface area contributed by atoms with Gasteiger partial charge in [-0.25, -0.2) is 0 Å². The molecule has 0 radical (unpaired) electrons. The van der Waals surface area contributed by atoms with E-state index in [0.717, 1.165) is 38.0 Å². The summed E-state index contributed by atoms with van der Waals surface area (Å²) in [5, 5.41) is 4.47. The molecule has 4 heteroatoms. The van der Waals surface area contributed by atoms with Gasteiger partial charge in [-0.05, 0) is 25.1 Å². The second-order valence-electron chi connectivity index (χ2n) is 5.12. The van der Waals surface area contributed by atoms with Crippen molar-refractivity contribution in [2.75, 3.05) is 38.5 Å². The van der Waals surface area contributed by atoms with Crippen LogP contribution in [0.2, 0.25) is 0 Å². The third-order valence-corrected chi connectivity index (χ3v) is 5.26. The third kappa shape index (κ3) is 4.12. The monoisotopic (exact) mass is 258 g/mol. The van der Waals surface area contributed by atoms with E-state index in [1.807, 2.05) is 0 Å². The van der Waals surface area contributed by atoms with E-state index >= 15 is 0 Å². The fourth-order valence-electron chi connectivity index (χ4n) is 2.67. The molecule has 0 amide bonds. The van der Waals surface area contributed by atoms with Crippen LogP contribution in [0, 0.1) is 0 Å². The van der Waals surface area contributed by atoms with Gasteiger partial charge in [0.2, 0.25) is 0 Å². The minimum absolute atomic E-state index is 0.392. The number of thioether (sulfide) groups is 1. The highest BCUT2D eigenvalue weighted by molar-refractivity contribution is 7.99. The zero-order chi connectivity index (χ0) is 12.1. The number of nitrogens with one attached hydrogen (secondary N) is 1. The van der Waals surface area contributed by atoms with E-state index in [1.165, 1.54) is 18.6 Å². The van der Waals surface area contributed by atoms with Gasteiger partial charge in [-0.1, -0.05) is 13.8 Å². The van der Waals surface area contributed by atoms with E-state index in [2.05, 4.69) is 35.8 Å². The Kier molecular flexibility index (Phi) is 5.60. The molecule has 100 valence electrons. The molecule has 0 aliphatic carbocycles. The maximum atomic E-state index is 5.83. The zero-order valence-electron chi connectivity index (χ0n) is 11.2. The van der Waals surface area contributed by atoms with Gasteiger partial charge < -0.3 is 10.1 Å². The molecule has 3 atom stereocenters. The Bertz CT molecular complexity index is 227. The first-order valence-corrected chi connectivity index (χ1v) is 8.03. The number of rotatable bonds is 4. The number of nitrogens with zero attached hydrogens (tertiary/aromatic N) is 1. The number of likely N-dealkylation sites (N-methyl/N-ethyl adjacent to an activating group) is 1. The number of hydrogen-bond acceptors (Lipinski definition) is 4. The number of morpholine rings is 1. The lowest BCUT2D eigenvalue weighted by atomic mass is 10.1. The molecule has 0 saturated carbocycles. The minimum atomic E-state index is 0.392. The first-order valence-electron chi connectivity index (χ1n) is 6.98. The van der Waals surface area contributed by atoms with Crippen molar-refractivity contribution in [2.24, 2.45) is 0 Å². The summed E-state index contributed by atoms with van der Waals surface area (Å²) in [6.07, 6.45) is 3.08. The van der Waals surface area contributed by atoms with Gasteiger partial charge in [0, 0.05) is 30.9 Å². The predicted octanol–water partition coefficient (Wildman–Crippen LogP) is 1.58. The van der Waals surface area contributed by atoms with Gasteiger partial charge in [-0.2, -0.15) is 11.8 Å². The highest BCUT2D eigenvalue weighted by Crippen LogP contribution is 2.25. The normalized spacial score (nSPS) is 36.0. The first-order chi connectivity index (χ1) is 8.29. The van der Waals surface area contributed by atoms with E-state index in [4.69, 9.17) is 4.74 Å². The van der Waals surface area contributed by atoms with Crippen molar-refractivity contribution in [2.45, 2.75) is 44.1 Å². The topological polar surface area (TPSA) is 24.5 Å². The maximum absolute atomic E-state index is 5.83. The molecule has 2 rings (SSSR count). The van der Waals surface area contributed by atoms with E-state index in [0.29, 0.717) is 12.1 Å². The molecule has 0 aromatic heterocycles. The Morgan fingerprint density at radius 2 is 2.35 bits per heavy atom. The molecule has 0 bridgehead atoms. The van der Waals surface area contributed by atoms with Crippen LogP contribution in [0.5, 0.6) is 0 Å². The lowest BCUT2D eigenvalue weighted by molar-refractivity contribution is -0.0264. The highest BCUT2D eigenvalue weighted by atomic mass is 32.2. The molecule has 2 fully saturated rings. The molecule has 0 aromatic rings. The fourth-order valence-corrected chi connectivity index (χ4v) is 3.84. The SMILES string of the molecule is CCN1CCOC(CNC2CCCSC2C)C1. The molecule has 0 spiro atoms. The van der Waals surface area contributed by atoms with Gasteiger partial charge in [-0.3, -0.25) is 4.90 Å². The maximum Gasteiger partial charge on any atom is 0.0826 e. The molecule has 3 unspecified atom stereocenters. The van der Waals surface area contributed by atoms with Crippen molar-refractivity contribution in [3.05, 3.63) is 0 Å². The molecule has 2 aliphatic rings. The van der Waals surface area contributed by atoms with E-state index < -0.39 is 0 Å². The minimum Gasteiger partial charge on any atom is -0.374 e. The largest absolute Gasteiger partial charge is 0.374 e. The summed E-state index contributed by atoms with van der Waals surface area (Å²) in [4.78, 5) is 2.48. The van der Waals surface area contributed by atoms with E-state index in [9.17, 15) is 0 Å². The molecule has 17 heavy (non-hydrogen) atoms. The predicted molar refractivity (Wildman–Crippen MR) is 74.8 cm³/mol. The van der Waals surface area contributed by atoms with Crippen LogP contribution < -0.4 is 5.32 Å². The quantitative estimate of drug-likeness (QED) is 0.827. The number of ether oxygens (including phenoxy) is 1. The van der Waals surface area contributed by atoms with Crippen molar-refractivity contribution in [3.8, 4) is 0 Å². The van der Waals surface area contributed by atoms with E-state index in [1.54, 1.807) is 0 Å². The summed E-state index contributed by atoms with van der Waals surface area (Å²) in [5.41, 5.74) is 0. The van der Waals surface area contributed by atoms with Crippen LogP contribution in [0.25, 0.3) is 0 Å². The summed E-state index contributed by atoms with van der Waals surface area (Å²) in [7, 11) is 0. The first kappa shape index (κ1) is 13.7. The Morgan fingerprint density at radius 3 is 3.12 bits per heavy atom. The molecular weight excluding hydrogens is 232 g/mol. The molecule has 3 nitrogen and oxygen atoms in total. The summed E-state index contributed by atoms with van der Waals surface area (Å²) < 4.78 is 5.83. The van der Waals surface area contributed by atoms with Crippen LogP contribution in [-0.4, -0.2) is 60.8 Å². The highest BCUT2D eigenvalue weighted by Gasteiger charge is 2.24. The lowest BCUT2D eigenvalue weighted by Gasteiger charge is -2.35. The molecule has 2 saturated heterocycles. The zero-order valence-corrected chi connectivity index (χ0v) is 12.0. The average Bonchev–Trinajstić information content (AvgIpc) is 2.38. The van der Waals surface area contributed by atoms with Gasteiger partial charge >= 0.3 is 0 Å². The molecular formula is C13H26N2OS. The van der Waals surface area contributed by atoms with Crippen LogP contribution in [-0.2, 0) is 4.74 Å². The molecule has 0 aromatic carbocycles. The molecule has 2 aliphatic heterocycles. The summed E-state index contributed by atoms with van der Waals surface area (Å²) in [6.45, 7) is 9.84. The van der Waals surface area contributed by atoms with Crippen molar-refractivity contribution in [3.63, 3.8) is 0 Å². The van der Waals surface area contributed by atoms with E-state index in [-0.39, 0.29) is 0 Å². The Hall–Kier alpha value is 0.230. The smallest absolute Gasteiger partial charge is 0.0826 e. The van der Waals surface area contributed by atoms with Gasteiger partial charge in [-0.15, -0.1) is 0 Å². The third-order valence-electron chi connectivity index (χ3n) is 3.88. The van der Waals surface area contributed by atoms with Crippen LogP contribution in [0.3, 0.4) is 0 Å². The van der Waals surface area contributed by atoms with Crippen LogP contribution in [0.15, 0.2) is 0 Å². The summed E-state index contributed by atoms with van der Waals surface area (Å²) in [6, 6.07) is 0.689. The van der Waals surface area contributed by atoms with Gasteiger partial charge in [0.05, 0.1) is 12.7 Å². The lowest BCUT2D eigenvalue weighted by Crippen LogP contribution is -2.50. The second kappa shape index (κ2) is 6.98. The number of hydrogen-bond donors (Lipinski definition) is 1. The Balaban J connectivity index is 1.69. The molecule has 1 N–H and O–H groups in total. The molecule has 2 heterocycles. The Labute approximate surface area is 110 Å². The summed E-state index contributed by atoms with van der Waals surface area (Å²) >= 11 is 2.10. The van der Waals surface area contributed by atoms with Crippen molar-refractivity contribution in [1.82, 2.24) is 10.2 Å². The van der Waals surface area contributed by atoms with Crippen molar-refractivity contribution < 1.29 is 4.74 Å². The van der Waals surface area contributed by atoms with Gasteiger partial charge in [0.15, 0.2) is 0 Å². The van der Waals surface area contributed by atoms with Crippen molar-refractivity contribution in [1.29, 1.82) is 0 Å². The van der Waals surface area contributed by atoms with Crippen LogP contribution in [0.4, 0.5) is 0 Å².